The maximum absolute atomic E-state index is 10.7. The highest BCUT2D eigenvalue weighted by atomic mass is 16.5. The van der Waals surface area contributed by atoms with Crippen molar-refractivity contribution >= 4 is 11.9 Å². The largest absolute Gasteiger partial charge is 0.507 e. The quantitative estimate of drug-likeness (QED) is 0.123. The molecule has 0 spiro atoms. The third-order valence-electron chi connectivity index (χ3n) is 9.06. The van der Waals surface area contributed by atoms with E-state index < -0.39 is 24.6 Å². The number of ether oxygens (including phenoxy) is 2. The molecular weight excluding hydrogens is 560 g/mol. The van der Waals surface area contributed by atoms with Crippen LogP contribution in [0.25, 0.3) is 0 Å². The number of carboxylic acids is 1. The molecule has 0 amide bonds. The van der Waals surface area contributed by atoms with Gasteiger partial charge in [0.2, 0.25) is 0 Å². The van der Waals surface area contributed by atoms with Gasteiger partial charge in [0.05, 0.1) is 19.4 Å². The second-order valence-corrected chi connectivity index (χ2v) is 13.9. The average molecular weight is 623 g/mol. The van der Waals surface area contributed by atoms with Crippen LogP contribution in [0.2, 0.25) is 0 Å². The zero-order valence-electron chi connectivity index (χ0n) is 28.8. The fraction of sp³-hybridized carbons (Fsp3) is 0.778. The van der Waals surface area contributed by atoms with Crippen LogP contribution in [0.1, 0.15) is 134 Å². The summed E-state index contributed by atoms with van der Waals surface area (Å²) in [6.07, 6.45) is 12.4. The lowest BCUT2D eigenvalue weighted by molar-refractivity contribution is -0.150. The van der Waals surface area contributed by atoms with Crippen molar-refractivity contribution < 1.29 is 39.5 Å². The molecule has 1 heterocycles. The number of phenols is 1. The van der Waals surface area contributed by atoms with Gasteiger partial charge in [0.25, 0.3) is 0 Å². The maximum atomic E-state index is 10.7. The SMILES string of the molecule is Cc1c(C)c2c(c(C)c1O)CC[C@@](C)(CCC[C@H](C)CCC[C@H](C)CCCC(C)C)O2.O=C(O)CCC(=O)OCC(O)CO. The summed E-state index contributed by atoms with van der Waals surface area (Å²) in [5.74, 6) is 2.25. The summed E-state index contributed by atoms with van der Waals surface area (Å²) in [6.45, 7) is 17.1. The number of hydrogen-bond acceptors (Lipinski definition) is 7. The Kier molecular flexibility index (Phi) is 18.0. The summed E-state index contributed by atoms with van der Waals surface area (Å²) in [5, 5.41) is 35.6. The Balaban J connectivity index is 0.000000627. The van der Waals surface area contributed by atoms with Gasteiger partial charge in [-0.15, -0.1) is 0 Å². The molecule has 1 aliphatic heterocycles. The van der Waals surface area contributed by atoms with Crippen molar-refractivity contribution in [1.29, 1.82) is 0 Å². The van der Waals surface area contributed by atoms with Gasteiger partial charge in [-0.2, -0.15) is 0 Å². The fourth-order valence-corrected chi connectivity index (χ4v) is 5.80. The maximum Gasteiger partial charge on any atom is 0.306 e. The minimum atomic E-state index is -1.10. The lowest BCUT2D eigenvalue weighted by Crippen LogP contribution is -2.37. The highest BCUT2D eigenvalue weighted by Gasteiger charge is 2.34. The van der Waals surface area contributed by atoms with Crippen molar-refractivity contribution in [1.82, 2.24) is 0 Å². The Labute approximate surface area is 266 Å². The molecule has 1 aliphatic rings. The molecule has 1 aromatic rings. The molecule has 1 unspecified atom stereocenters. The lowest BCUT2D eigenvalue weighted by atomic mass is 9.84. The second kappa shape index (κ2) is 19.9. The number of aliphatic hydroxyl groups excluding tert-OH is 2. The molecule has 0 aliphatic carbocycles. The number of phenolic OH excluding ortho intramolecular Hbond substituents is 1. The first-order valence-electron chi connectivity index (χ1n) is 16.8. The topological polar surface area (TPSA) is 134 Å². The summed E-state index contributed by atoms with van der Waals surface area (Å²) < 4.78 is 11.0. The molecule has 0 saturated carbocycles. The van der Waals surface area contributed by atoms with Gasteiger partial charge in [0, 0.05) is 5.56 Å². The van der Waals surface area contributed by atoms with Crippen LogP contribution in [0.5, 0.6) is 11.5 Å². The minimum absolute atomic E-state index is 0.0712. The van der Waals surface area contributed by atoms with Crippen molar-refractivity contribution in [3.63, 3.8) is 0 Å². The summed E-state index contributed by atoms with van der Waals surface area (Å²) in [5.41, 5.74) is 4.23. The fourth-order valence-electron chi connectivity index (χ4n) is 5.80. The van der Waals surface area contributed by atoms with Gasteiger partial charge in [0.1, 0.15) is 29.8 Å². The standard InChI is InChI=1S/C29H50O2.C7H12O6/c1-20(2)12-9-13-21(3)14-10-15-22(4)16-11-18-29(8)19-17-26-25(7)27(30)23(5)24(6)28(26)31-29;8-3-5(9)4-13-7(12)2-1-6(10)11/h20-22,30H,9-19H2,1-8H3;5,8-9H,1-4H2,(H,10,11)/t21-,22-,29-;/m1./s1. The van der Waals surface area contributed by atoms with Gasteiger partial charge in [-0.3, -0.25) is 9.59 Å². The number of carboxylic acid groups (broad SMARTS) is 1. The number of aliphatic carboxylic acids is 1. The summed E-state index contributed by atoms with van der Waals surface area (Å²) >= 11 is 0. The number of aliphatic hydroxyl groups is 2. The second-order valence-electron chi connectivity index (χ2n) is 13.9. The predicted octanol–water partition coefficient (Wildman–Crippen LogP) is 7.59. The molecule has 8 heteroatoms. The summed E-state index contributed by atoms with van der Waals surface area (Å²) in [4.78, 5) is 20.7. The van der Waals surface area contributed by atoms with Gasteiger partial charge >= 0.3 is 11.9 Å². The molecule has 0 radical (unpaired) electrons. The Morgan fingerprint density at radius 3 is 2.00 bits per heavy atom. The first-order chi connectivity index (χ1) is 20.6. The van der Waals surface area contributed by atoms with Crippen LogP contribution >= 0.6 is 0 Å². The number of carbonyl (C=O) groups excluding carboxylic acids is 1. The number of fused-ring (bicyclic) bond motifs is 1. The third-order valence-corrected chi connectivity index (χ3v) is 9.06. The van der Waals surface area contributed by atoms with Crippen LogP contribution in [-0.4, -0.2) is 57.3 Å². The van der Waals surface area contributed by atoms with Crippen LogP contribution in [0, 0.1) is 38.5 Å². The van der Waals surface area contributed by atoms with E-state index in [9.17, 15) is 14.7 Å². The highest BCUT2D eigenvalue weighted by molar-refractivity contribution is 5.76. The van der Waals surface area contributed by atoms with Crippen LogP contribution < -0.4 is 4.74 Å². The first kappa shape index (κ1) is 39.7. The van der Waals surface area contributed by atoms with Crippen LogP contribution in [0.15, 0.2) is 0 Å². The third kappa shape index (κ3) is 14.6. The van der Waals surface area contributed by atoms with E-state index in [0.717, 1.165) is 59.5 Å². The summed E-state index contributed by atoms with van der Waals surface area (Å²) in [7, 11) is 0. The van der Waals surface area contributed by atoms with Crippen molar-refractivity contribution in [3.05, 3.63) is 22.3 Å². The van der Waals surface area contributed by atoms with Crippen molar-refractivity contribution in [2.45, 2.75) is 151 Å². The molecule has 1 aromatic carbocycles. The zero-order valence-corrected chi connectivity index (χ0v) is 28.8. The zero-order chi connectivity index (χ0) is 33.4. The molecule has 2 rings (SSSR count). The van der Waals surface area contributed by atoms with Crippen molar-refractivity contribution in [3.8, 4) is 11.5 Å². The van der Waals surface area contributed by atoms with E-state index in [1.54, 1.807) is 0 Å². The number of carbonyl (C=O) groups is 2. The van der Waals surface area contributed by atoms with E-state index >= 15 is 0 Å². The van der Waals surface area contributed by atoms with Crippen LogP contribution in [0.4, 0.5) is 0 Å². The van der Waals surface area contributed by atoms with Crippen molar-refractivity contribution in [2.24, 2.45) is 17.8 Å². The lowest BCUT2D eigenvalue weighted by Gasteiger charge is -2.38. The van der Waals surface area contributed by atoms with E-state index in [0.29, 0.717) is 5.75 Å². The highest BCUT2D eigenvalue weighted by Crippen LogP contribution is 2.44. The number of esters is 1. The summed E-state index contributed by atoms with van der Waals surface area (Å²) in [6, 6.07) is 0. The Morgan fingerprint density at radius 2 is 1.45 bits per heavy atom. The van der Waals surface area contributed by atoms with Gasteiger partial charge in [-0.1, -0.05) is 72.6 Å². The predicted molar refractivity (Wildman–Crippen MR) is 175 cm³/mol. The molecule has 254 valence electrons. The molecule has 4 N–H and O–H groups in total. The Hall–Kier alpha value is -2.32. The molecular formula is C36H62O8. The monoisotopic (exact) mass is 622 g/mol. The van der Waals surface area contributed by atoms with Crippen molar-refractivity contribution in [2.75, 3.05) is 13.2 Å². The molecule has 0 aromatic heterocycles. The van der Waals surface area contributed by atoms with Gasteiger partial charge in [0.15, 0.2) is 0 Å². The van der Waals surface area contributed by atoms with Gasteiger partial charge in [-0.05, 0) is 87.8 Å². The van der Waals surface area contributed by atoms with E-state index in [1.807, 2.05) is 13.8 Å². The molecule has 0 saturated heterocycles. The Bertz CT molecular complexity index is 1020. The van der Waals surface area contributed by atoms with Gasteiger partial charge < -0.3 is 29.9 Å². The van der Waals surface area contributed by atoms with Crippen LogP contribution in [-0.2, 0) is 20.7 Å². The molecule has 8 nitrogen and oxygen atoms in total. The molecule has 0 bridgehead atoms. The normalized spacial score (nSPS) is 18.0. The average Bonchev–Trinajstić information content (AvgIpc) is 2.96. The first-order valence-corrected chi connectivity index (χ1v) is 16.8. The number of benzene rings is 1. The number of hydrogen-bond donors (Lipinski definition) is 4. The van der Waals surface area contributed by atoms with E-state index in [4.69, 9.17) is 20.1 Å². The number of rotatable bonds is 18. The van der Waals surface area contributed by atoms with E-state index in [1.165, 1.54) is 56.9 Å². The molecule has 4 atom stereocenters. The molecule has 44 heavy (non-hydrogen) atoms. The van der Waals surface area contributed by atoms with Crippen LogP contribution in [0.3, 0.4) is 0 Å². The van der Waals surface area contributed by atoms with E-state index in [2.05, 4.69) is 46.3 Å². The Morgan fingerprint density at radius 1 is 0.886 bits per heavy atom. The minimum Gasteiger partial charge on any atom is -0.507 e. The molecule has 0 fully saturated rings. The van der Waals surface area contributed by atoms with E-state index in [-0.39, 0.29) is 25.0 Å². The number of aromatic hydroxyl groups is 1. The van der Waals surface area contributed by atoms with Gasteiger partial charge in [-0.25, -0.2) is 0 Å². The smallest absolute Gasteiger partial charge is 0.306 e.